The average molecular weight is 321 g/mol. The van der Waals surface area contributed by atoms with Crippen molar-refractivity contribution in [2.45, 2.75) is 27.7 Å². The smallest absolute Gasteiger partial charge is 0.341 e. The van der Waals surface area contributed by atoms with E-state index in [0.29, 0.717) is 22.9 Å². The van der Waals surface area contributed by atoms with Gasteiger partial charge in [-0.3, -0.25) is 9.48 Å². The molecule has 0 spiro atoms. The summed E-state index contributed by atoms with van der Waals surface area (Å²) in [5.41, 5.74) is 2.46. The molecule has 7 heteroatoms. The molecule has 0 aliphatic rings. The number of thiophene rings is 1. The maximum absolute atomic E-state index is 12.4. The zero-order valence-corrected chi connectivity index (χ0v) is 14.1. The topological polar surface area (TPSA) is 73.2 Å². The number of hydrogen-bond acceptors (Lipinski definition) is 5. The number of rotatable bonds is 4. The molecule has 1 N–H and O–H groups in total. The normalized spacial score (nSPS) is 10.6. The molecular weight excluding hydrogens is 302 g/mol. The maximum Gasteiger partial charge on any atom is 0.341 e. The monoisotopic (exact) mass is 321 g/mol. The summed E-state index contributed by atoms with van der Waals surface area (Å²) in [4.78, 5) is 25.5. The molecule has 0 bridgehead atoms. The van der Waals surface area contributed by atoms with Crippen molar-refractivity contribution >= 4 is 28.2 Å². The molecule has 0 aromatic carbocycles. The van der Waals surface area contributed by atoms with Crippen LogP contribution in [0.25, 0.3) is 0 Å². The zero-order valence-electron chi connectivity index (χ0n) is 13.3. The van der Waals surface area contributed by atoms with Gasteiger partial charge in [0.2, 0.25) is 0 Å². The lowest BCUT2D eigenvalue weighted by Crippen LogP contribution is -2.17. The van der Waals surface area contributed by atoms with Gasteiger partial charge in [-0.05, 0) is 39.3 Å². The van der Waals surface area contributed by atoms with E-state index >= 15 is 0 Å². The van der Waals surface area contributed by atoms with E-state index in [4.69, 9.17) is 4.74 Å². The third kappa shape index (κ3) is 3.04. The summed E-state index contributed by atoms with van der Waals surface area (Å²) in [7, 11) is 1.71. The lowest BCUT2D eigenvalue weighted by molar-refractivity contribution is 0.0527. The van der Waals surface area contributed by atoms with Crippen molar-refractivity contribution in [1.82, 2.24) is 9.78 Å². The summed E-state index contributed by atoms with van der Waals surface area (Å²) >= 11 is 1.37. The summed E-state index contributed by atoms with van der Waals surface area (Å²) < 4.78 is 6.59. The molecule has 2 aromatic rings. The average Bonchev–Trinajstić information content (AvgIpc) is 2.90. The number of carbonyl (C=O) groups is 2. The molecule has 0 fully saturated rings. The second-order valence-corrected chi connectivity index (χ2v) is 6.18. The molecule has 2 rings (SSSR count). The van der Waals surface area contributed by atoms with Gasteiger partial charge in [-0.25, -0.2) is 4.79 Å². The summed E-state index contributed by atoms with van der Waals surface area (Å²) in [5, 5.41) is 7.46. The number of aromatic nitrogens is 2. The summed E-state index contributed by atoms with van der Waals surface area (Å²) in [5.74, 6) is -0.712. The number of amides is 1. The summed E-state index contributed by atoms with van der Waals surface area (Å²) in [6.45, 7) is 7.62. The van der Waals surface area contributed by atoms with E-state index in [1.165, 1.54) is 16.0 Å². The number of anilines is 1. The number of carbonyl (C=O) groups excluding carboxylic acids is 2. The first-order valence-corrected chi connectivity index (χ1v) is 7.75. The predicted octanol–water partition coefficient (Wildman–Crippen LogP) is 2.84. The molecule has 6 nitrogen and oxygen atoms in total. The van der Waals surface area contributed by atoms with Crippen LogP contribution in [0.1, 0.15) is 43.9 Å². The van der Waals surface area contributed by atoms with Crippen LogP contribution < -0.4 is 5.32 Å². The first-order chi connectivity index (χ1) is 10.3. The highest BCUT2D eigenvalue weighted by Gasteiger charge is 2.23. The minimum Gasteiger partial charge on any atom is -0.462 e. The Morgan fingerprint density at radius 3 is 2.59 bits per heavy atom. The number of nitrogens with zero attached hydrogens (tertiary/aromatic N) is 2. The van der Waals surface area contributed by atoms with Crippen molar-refractivity contribution in [3.8, 4) is 0 Å². The van der Waals surface area contributed by atoms with Crippen molar-refractivity contribution in [1.29, 1.82) is 0 Å². The van der Waals surface area contributed by atoms with Crippen molar-refractivity contribution in [2.75, 3.05) is 11.9 Å². The Balaban J connectivity index is 2.33. The Morgan fingerprint density at radius 1 is 1.36 bits per heavy atom. The minimum atomic E-state index is -0.416. The number of nitrogens with one attached hydrogen (secondary N) is 1. The van der Waals surface area contributed by atoms with Crippen LogP contribution in [0.3, 0.4) is 0 Å². The number of hydrogen-bond donors (Lipinski definition) is 1. The zero-order chi connectivity index (χ0) is 16.4. The van der Waals surface area contributed by atoms with Crippen molar-refractivity contribution < 1.29 is 14.3 Å². The van der Waals surface area contributed by atoms with Crippen LogP contribution in [0.4, 0.5) is 5.00 Å². The van der Waals surface area contributed by atoms with Crippen LogP contribution >= 0.6 is 11.3 Å². The standard InChI is InChI=1S/C15H19N3O3S/c1-6-21-15(20)12-9(3)10(4)22-14(12)16-13(19)11-7-8(2)17-18(11)5/h7H,6H2,1-5H3,(H,16,19). The van der Waals surface area contributed by atoms with Gasteiger partial charge < -0.3 is 10.1 Å². The lowest BCUT2D eigenvalue weighted by Gasteiger charge is -2.07. The minimum absolute atomic E-state index is 0.293. The van der Waals surface area contributed by atoms with Crippen molar-refractivity contribution in [3.63, 3.8) is 0 Å². The highest BCUT2D eigenvalue weighted by atomic mass is 32.1. The van der Waals surface area contributed by atoms with Gasteiger partial charge in [0.05, 0.1) is 17.9 Å². The molecule has 1 amide bonds. The van der Waals surface area contributed by atoms with Crippen LogP contribution in [0.5, 0.6) is 0 Å². The third-order valence-electron chi connectivity index (χ3n) is 3.33. The predicted molar refractivity (Wildman–Crippen MR) is 85.6 cm³/mol. The van der Waals surface area contributed by atoms with Crippen LogP contribution in [0.2, 0.25) is 0 Å². The van der Waals surface area contributed by atoms with Crippen LogP contribution in [-0.4, -0.2) is 28.3 Å². The van der Waals surface area contributed by atoms with Gasteiger partial charge in [0, 0.05) is 11.9 Å². The van der Waals surface area contributed by atoms with Gasteiger partial charge in [-0.1, -0.05) is 0 Å². The first kappa shape index (κ1) is 16.2. The fraction of sp³-hybridized carbons (Fsp3) is 0.400. The molecule has 22 heavy (non-hydrogen) atoms. The van der Waals surface area contributed by atoms with Crippen LogP contribution in [-0.2, 0) is 11.8 Å². The number of ether oxygens (including phenoxy) is 1. The van der Waals surface area contributed by atoms with E-state index < -0.39 is 5.97 Å². The second kappa shape index (κ2) is 6.31. The van der Waals surface area contributed by atoms with Crippen molar-refractivity contribution in [3.05, 3.63) is 33.5 Å². The fourth-order valence-corrected chi connectivity index (χ4v) is 3.20. The van der Waals surface area contributed by atoms with E-state index in [2.05, 4.69) is 10.4 Å². The lowest BCUT2D eigenvalue weighted by atomic mass is 10.1. The molecule has 2 heterocycles. The molecule has 0 saturated carbocycles. The highest BCUT2D eigenvalue weighted by molar-refractivity contribution is 7.16. The van der Waals surface area contributed by atoms with Gasteiger partial charge in [0.15, 0.2) is 0 Å². The van der Waals surface area contributed by atoms with E-state index in [9.17, 15) is 9.59 Å². The van der Waals surface area contributed by atoms with Gasteiger partial charge in [-0.2, -0.15) is 5.10 Å². The molecule has 118 valence electrons. The first-order valence-electron chi connectivity index (χ1n) is 6.94. The SMILES string of the molecule is CCOC(=O)c1c(NC(=O)c2cc(C)nn2C)sc(C)c1C. The number of esters is 1. The van der Waals surface area contributed by atoms with Gasteiger partial charge in [0.1, 0.15) is 10.7 Å². The molecule has 0 aliphatic heterocycles. The molecular formula is C15H19N3O3S. The van der Waals surface area contributed by atoms with E-state index in [1.54, 1.807) is 20.0 Å². The van der Waals surface area contributed by atoms with Crippen LogP contribution in [0.15, 0.2) is 6.07 Å². The molecule has 0 radical (unpaired) electrons. The quantitative estimate of drug-likeness (QED) is 0.879. The third-order valence-corrected chi connectivity index (χ3v) is 4.45. The summed E-state index contributed by atoms with van der Waals surface area (Å²) in [6, 6.07) is 1.70. The van der Waals surface area contributed by atoms with Gasteiger partial charge >= 0.3 is 5.97 Å². The van der Waals surface area contributed by atoms with E-state index in [1.807, 2.05) is 20.8 Å². The highest BCUT2D eigenvalue weighted by Crippen LogP contribution is 2.33. The Labute approximate surface area is 133 Å². The van der Waals surface area contributed by atoms with E-state index in [0.717, 1.165) is 16.1 Å². The number of aryl methyl sites for hydroxylation is 3. The Hall–Kier alpha value is -2.15. The van der Waals surface area contributed by atoms with Gasteiger partial charge in [0.25, 0.3) is 5.91 Å². The summed E-state index contributed by atoms with van der Waals surface area (Å²) in [6.07, 6.45) is 0. The Bertz CT molecular complexity index is 731. The molecule has 0 aliphatic carbocycles. The maximum atomic E-state index is 12.4. The molecule has 0 unspecified atom stereocenters. The van der Waals surface area contributed by atoms with Crippen LogP contribution in [0, 0.1) is 20.8 Å². The Kier molecular flexibility index (Phi) is 4.65. The van der Waals surface area contributed by atoms with Crippen molar-refractivity contribution in [2.24, 2.45) is 7.05 Å². The fourth-order valence-electron chi connectivity index (χ4n) is 2.15. The van der Waals surface area contributed by atoms with E-state index in [-0.39, 0.29) is 5.91 Å². The van der Waals surface area contributed by atoms with Gasteiger partial charge in [-0.15, -0.1) is 11.3 Å². The Morgan fingerprint density at radius 2 is 2.05 bits per heavy atom. The second-order valence-electron chi connectivity index (χ2n) is 4.96. The largest absolute Gasteiger partial charge is 0.462 e. The molecule has 0 saturated heterocycles. The molecule has 2 aromatic heterocycles. The molecule has 0 atom stereocenters.